The first-order valence-electron chi connectivity index (χ1n) is 6.01. The number of ether oxygens (including phenoxy) is 1. The van der Waals surface area contributed by atoms with Crippen molar-refractivity contribution in [1.82, 2.24) is 10.6 Å². The van der Waals surface area contributed by atoms with E-state index < -0.39 is 12.0 Å². The Labute approximate surface area is 112 Å². The Balaban J connectivity index is 3.53. The van der Waals surface area contributed by atoms with E-state index in [4.69, 9.17) is 32.8 Å². The van der Waals surface area contributed by atoms with Crippen molar-refractivity contribution in [2.45, 2.75) is 25.3 Å². The van der Waals surface area contributed by atoms with Crippen molar-refractivity contribution in [3.05, 3.63) is 0 Å². The Bertz CT molecular complexity index is 308. The minimum absolute atomic E-state index is 0.103. The molecule has 0 aliphatic heterocycles. The first kappa shape index (κ1) is 17.0. The second-order valence-corrected chi connectivity index (χ2v) is 3.95. The maximum atomic E-state index is 11.4. The average Bonchev–Trinajstić information content (AvgIpc) is 2.33. The minimum atomic E-state index is -0.672. The van der Waals surface area contributed by atoms with Crippen molar-refractivity contribution in [2.75, 3.05) is 19.7 Å². The molecule has 110 valence electrons. The summed E-state index contributed by atoms with van der Waals surface area (Å²) in [6.07, 6.45) is 1.65. The van der Waals surface area contributed by atoms with Crippen LogP contribution in [-0.4, -0.2) is 43.6 Å². The average molecular weight is 273 g/mol. The molecule has 0 aromatic rings. The van der Waals surface area contributed by atoms with Gasteiger partial charge in [0.15, 0.2) is 11.9 Å². The van der Waals surface area contributed by atoms with Crippen LogP contribution < -0.4 is 27.8 Å². The molecule has 0 bridgehead atoms. The van der Waals surface area contributed by atoms with E-state index in [0.717, 1.165) is 0 Å². The van der Waals surface area contributed by atoms with Crippen molar-refractivity contribution in [1.29, 1.82) is 10.8 Å². The SMILES string of the molecule is N=C(N)NCCCOC(=O)[C@@H](N)CCCNC(=N)N. The molecule has 0 heterocycles. The Kier molecular flexibility index (Phi) is 8.88. The number of guanidine groups is 2. The van der Waals surface area contributed by atoms with Crippen LogP contribution in [0.4, 0.5) is 0 Å². The molecule has 0 fully saturated rings. The molecule has 0 aliphatic rings. The third-order valence-electron chi connectivity index (χ3n) is 2.19. The monoisotopic (exact) mass is 273 g/mol. The third-order valence-corrected chi connectivity index (χ3v) is 2.19. The van der Waals surface area contributed by atoms with Crippen LogP contribution in [-0.2, 0) is 9.53 Å². The first-order chi connectivity index (χ1) is 8.93. The molecule has 0 aromatic carbocycles. The van der Waals surface area contributed by atoms with E-state index in [9.17, 15) is 4.79 Å². The van der Waals surface area contributed by atoms with Crippen molar-refractivity contribution in [2.24, 2.45) is 17.2 Å². The van der Waals surface area contributed by atoms with E-state index in [1.807, 2.05) is 0 Å². The Morgan fingerprint density at radius 3 is 2.16 bits per heavy atom. The van der Waals surface area contributed by atoms with Crippen molar-refractivity contribution in [3.8, 4) is 0 Å². The summed E-state index contributed by atoms with van der Waals surface area (Å²) >= 11 is 0. The van der Waals surface area contributed by atoms with Gasteiger partial charge in [-0.3, -0.25) is 15.6 Å². The number of hydrogen-bond acceptors (Lipinski definition) is 5. The van der Waals surface area contributed by atoms with E-state index in [-0.39, 0.29) is 18.5 Å². The van der Waals surface area contributed by atoms with Crippen LogP contribution in [0, 0.1) is 10.8 Å². The molecule has 0 aliphatic carbocycles. The highest BCUT2D eigenvalue weighted by Crippen LogP contribution is 1.97. The predicted octanol–water partition coefficient (Wildman–Crippen LogP) is -2.01. The molecule has 0 aromatic heterocycles. The van der Waals surface area contributed by atoms with Gasteiger partial charge in [0, 0.05) is 13.1 Å². The Morgan fingerprint density at radius 2 is 1.63 bits per heavy atom. The van der Waals surface area contributed by atoms with Gasteiger partial charge in [0.25, 0.3) is 0 Å². The van der Waals surface area contributed by atoms with Crippen LogP contribution in [0.3, 0.4) is 0 Å². The number of carbonyl (C=O) groups is 1. The third kappa shape index (κ3) is 10.8. The van der Waals surface area contributed by atoms with Crippen LogP contribution in [0.5, 0.6) is 0 Å². The molecule has 0 saturated carbocycles. The van der Waals surface area contributed by atoms with Crippen LogP contribution >= 0.6 is 0 Å². The zero-order chi connectivity index (χ0) is 14.7. The molecule has 19 heavy (non-hydrogen) atoms. The molecule has 0 unspecified atom stereocenters. The molecule has 0 amide bonds. The highest BCUT2D eigenvalue weighted by molar-refractivity contribution is 5.75. The van der Waals surface area contributed by atoms with Crippen molar-refractivity contribution in [3.63, 3.8) is 0 Å². The molecule has 9 nitrogen and oxygen atoms in total. The maximum Gasteiger partial charge on any atom is 0.322 e. The lowest BCUT2D eigenvalue weighted by atomic mass is 10.2. The molecule has 10 N–H and O–H groups in total. The topological polar surface area (TPSA) is 176 Å². The smallest absolute Gasteiger partial charge is 0.322 e. The van der Waals surface area contributed by atoms with Crippen molar-refractivity contribution >= 4 is 17.9 Å². The summed E-state index contributed by atoms with van der Waals surface area (Å²) in [5.41, 5.74) is 15.8. The Morgan fingerprint density at radius 1 is 1.11 bits per heavy atom. The van der Waals surface area contributed by atoms with Crippen LogP contribution in [0.2, 0.25) is 0 Å². The molecule has 0 rings (SSSR count). The highest BCUT2D eigenvalue weighted by Gasteiger charge is 2.14. The number of carbonyl (C=O) groups excluding carboxylic acids is 1. The van der Waals surface area contributed by atoms with Gasteiger partial charge in [-0.2, -0.15) is 0 Å². The molecule has 0 spiro atoms. The summed E-state index contributed by atoms with van der Waals surface area (Å²) in [6, 6.07) is -0.672. The quantitative estimate of drug-likeness (QED) is 0.110. The second-order valence-electron chi connectivity index (χ2n) is 3.95. The number of nitrogens with one attached hydrogen (secondary N) is 4. The lowest BCUT2D eigenvalue weighted by Gasteiger charge is -2.12. The van der Waals surface area contributed by atoms with Gasteiger partial charge >= 0.3 is 5.97 Å². The summed E-state index contributed by atoms with van der Waals surface area (Å²) < 4.78 is 4.96. The zero-order valence-electron chi connectivity index (χ0n) is 10.9. The fourth-order valence-electron chi connectivity index (χ4n) is 1.24. The van der Waals surface area contributed by atoms with E-state index in [1.165, 1.54) is 0 Å². The Hall–Kier alpha value is -2.03. The summed E-state index contributed by atoms with van der Waals surface area (Å²) in [6.45, 7) is 1.21. The van der Waals surface area contributed by atoms with Crippen molar-refractivity contribution < 1.29 is 9.53 Å². The van der Waals surface area contributed by atoms with Gasteiger partial charge in [0.1, 0.15) is 6.04 Å². The molecule has 1 atom stereocenters. The molecular formula is C10H23N7O2. The van der Waals surface area contributed by atoms with Crippen LogP contribution in [0.15, 0.2) is 0 Å². The van der Waals surface area contributed by atoms with Crippen LogP contribution in [0.25, 0.3) is 0 Å². The van der Waals surface area contributed by atoms with E-state index in [2.05, 4.69) is 10.6 Å². The van der Waals surface area contributed by atoms with E-state index >= 15 is 0 Å². The number of nitrogens with two attached hydrogens (primary N) is 3. The van der Waals surface area contributed by atoms with Gasteiger partial charge in [-0.1, -0.05) is 0 Å². The van der Waals surface area contributed by atoms with Gasteiger partial charge in [0.05, 0.1) is 6.61 Å². The molecule has 0 radical (unpaired) electrons. The maximum absolute atomic E-state index is 11.4. The minimum Gasteiger partial charge on any atom is -0.464 e. The predicted molar refractivity (Wildman–Crippen MR) is 72.6 cm³/mol. The lowest BCUT2D eigenvalue weighted by molar-refractivity contribution is -0.145. The fourth-order valence-corrected chi connectivity index (χ4v) is 1.24. The van der Waals surface area contributed by atoms with Gasteiger partial charge in [-0.25, -0.2) is 0 Å². The van der Waals surface area contributed by atoms with E-state index in [1.54, 1.807) is 0 Å². The summed E-state index contributed by atoms with van der Waals surface area (Å²) in [7, 11) is 0. The van der Waals surface area contributed by atoms with Gasteiger partial charge in [-0.05, 0) is 19.3 Å². The fraction of sp³-hybridized carbons (Fsp3) is 0.700. The summed E-state index contributed by atoms with van der Waals surface area (Å²) in [5, 5.41) is 19.1. The standard InChI is InChI=1S/C10H23N7O2/c11-7(3-1-4-16-9(12)13)8(18)19-6-2-5-17-10(14)15/h7H,1-6,11H2,(H4,12,13,16)(H4,14,15,17)/t7-/m0/s1. The van der Waals surface area contributed by atoms with Gasteiger partial charge < -0.3 is 32.6 Å². The zero-order valence-corrected chi connectivity index (χ0v) is 10.9. The number of esters is 1. The van der Waals surface area contributed by atoms with Crippen LogP contribution in [0.1, 0.15) is 19.3 Å². The lowest BCUT2D eigenvalue weighted by Crippen LogP contribution is -2.36. The molecular weight excluding hydrogens is 250 g/mol. The number of rotatable bonds is 9. The number of hydrogen-bond donors (Lipinski definition) is 7. The molecule has 9 heteroatoms. The summed E-state index contributed by atoms with van der Waals surface area (Å²) in [5.74, 6) is -0.666. The first-order valence-corrected chi connectivity index (χ1v) is 6.01. The van der Waals surface area contributed by atoms with Gasteiger partial charge in [-0.15, -0.1) is 0 Å². The molecule has 0 saturated heterocycles. The van der Waals surface area contributed by atoms with E-state index in [0.29, 0.717) is 32.4 Å². The normalized spacial score (nSPS) is 11.4. The highest BCUT2D eigenvalue weighted by atomic mass is 16.5. The second kappa shape index (κ2) is 9.95. The van der Waals surface area contributed by atoms with Gasteiger partial charge in [0.2, 0.25) is 0 Å². The largest absolute Gasteiger partial charge is 0.464 e. The summed E-state index contributed by atoms with van der Waals surface area (Å²) in [4.78, 5) is 11.4.